The largest absolute Gasteiger partial charge is 0.461 e. The lowest BCUT2D eigenvalue weighted by molar-refractivity contribution is 0.0505. The minimum absolute atomic E-state index is 0. The van der Waals surface area contributed by atoms with Crippen LogP contribution in [0.1, 0.15) is 103 Å². The maximum absolute atomic E-state index is 13.4. The van der Waals surface area contributed by atoms with Crippen LogP contribution < -0.4 is 9.44 Å². The summed E-state index contributed by atoms with van der Waals surface area (Å²) >= 11 is 0. The predicted molar refractivity (Wildman–Crippen MR) is 233 cm³/mol. The van der Waals surface area contributed by atoms with E-state index in [1.54, 1.807) is 55.5 Å². The SMILES string of the molecule is C.C.C.C.C=Cc1c(S(=O)(=NC)NC(C=C)C(C)C)cn(C)c1C(=O)OCC.CCOC(=O)c1c2c(cn1C)S(=O)(=NC)N[C@@H](C(C)C)C=C2.S.S. The van der Waals surface area contributed by atoms with Crippen molar-refractivity contribution in [2.24, 2.45) is 34.7 Å². The molecular weight excluding hydrogens is 741 g/mol. The van der Waals surface area contributed by atoms with Gasteiger partial charge in [0.05, 0.1) is 23.0 Å². The van der Waals surface area contributed by atoms with Gasteiger partial charge in [0, 0.05) is 63.8 Å². The first-order valence-electron chi connectivity index (χ1n) is 15.1. The normalized spacial score (nSPS) is 17.0. The van der Waals surface area contributed by atoms with Gasteiger partial charge in [-0.25, -0.2) is 36.2 Å². The van der Waals surface area contributed by atoms with Crippen LogP contribution in [0.5, 0.6) is 0 Å². The van der Waals surface area contributed by atoms with Gasteiger partial charge in [0.2, 0.25) is 0 Å². The van der Waals surface area contributed by atoms with Crippen LogP contribution in [0.3, 0.4) is 0 Å². The lowest BCUT2D eigenvalue weighted by atomic mass is 10.0. The topological polar surface area (TPSA) is 145 Å². The number of aromatic nitrogens is 2. The minimum atomic E-state index is -2.95. The molecule has 304 valence electrons. The summed E-state index contributed by atoms with van der Waals surface area (Å²) < 4.78 is 54.4. The van der Waals surface area contributed by atoms with Gasteiger partial charge in [-0.1, -0.05) is 88.3 Å². The molecular formula is C36H70N6O6S4. The van der Waals surface area contributed by atoms with Crippen molar-refractivity contribution < 1.29 is 27.5 Å². The van der Waals surface area contributed by atoms with Crippen LogP contribution in [-0.4, -0.2) is 68.9 Å². The summed E-state index contributed by atoms with van der Waals surface area (Å²) in [6, 6.07) is -0.269. The average Bonchev–Trinajstić information content (AvgIpc) is 3.49. The third kappa shape index (κ3) is 13.0. The van der Waals surface area contributed by atoms with Gasteiger partial charge in [0.25, 0.3) is 0 Å². The molecule has 4 atom stereocenters. The number of rotatable bonds is 11. The van der Waals surface area contributed by atoms with Gasteiger partial charge in [0.15, 0.2) is 0 Å². The Morgan fingerprint density at radius 3 is 1.88 bits per heavy atom. The number of fused-ring (bicyclic) bond motifs is 1. The average molecular weight is 811 g/mol. The van der Waals surface area contributed by atoms with Crippen LogP contribution in [0.25, 0.3) is 12.2 Å². The summed E-state index contributed by atoms with van der Waals surface area (Å²) in [6.45, 7) is 19.7. The molecule has 2 N–H and O–H groups in total. The van der Waals surface area contributed by atoms with Gasteiger partial charge in [-0.15, -0.1) is 6.58 Å². The highest BCUT2D eigenvalue weighted by Crippen LogP contribution is 2.29. The van der Waals surface area contributed by atoms with Gasteiger partial charge in [0.1, 0.15) is 31.2 Å². The van der Waals surface area contributed by atoms with E-state index in [1.165, 1.54) is 20.2 Å². The second-order valence-corrected chi connectivity index (χ2v) is 15.3. The molecule has 0 fully saturated rings. The number of nitrogens with one attached hydrogen (secondary N) is 2. The molecule has 1 aliphatic heterocycles. The van der Waals surface area contributed by atoms with Gasteiger partial charge >= 0.3 is 11.9 Å². The molecule has 0 amide bonds. The van der Waals surface area contributed by atoms with Crippen molar-refractivity contribution in [3.63, 3.8) is 0 Å². The predicted octanol–water partition coefficient (Wildman–Crippen LogP) is 8.00. The Labute approximate surface area is 330 Å². The third-order valence-corrected chi connectivity index (χ3v) is 11.4. The molecule has 3 heterocycles. The van der Waals surface area contributed by atoms with Crippen LogP contribution >= 0.6 is 27.0 Å². The van der Waals surface area contributed by atoms with Gasteiger partial charge in [-0.3, -0.25) is 0 Å². The number of nitrogens with zero attached hydrogens (tertiary/aromatic N) is 4. The lowest BCUT2D eigenvalue weighted by Crippen LogP contribution is -2.36. The van der Waals surface area contributed by atoms with Crippen LogP contribution in [-0.2, 0) is 43.4 Å². The summed E-state index contributed by atoms with van der Waals surface area (Å²) in [5.41, 5.74) is 1.79. The lowest BCUT2D eigenvalue weighted by Gasteiger charge is -2.21. The maximum Gasteiger partial charge on any atom is 0.355 e. The molecule has 0 radical (unpaired) electrons. The molecule has 16 heteroatoms. The van der Waals surface area contributed by atoms with E-state index in [1.807, 2.05) is 39.8 Å². The molecule has 0 spiro atoms. The van der Waals surface area contributed by atoms with E-state index in [2.05, 4.69) is 31.3 Å². The van der Waals surface area contributed by atoms with Gasteiger partial charge in [-0.05, 0) is 25.7 Å². The summed E-state index contributed by atoms with van der Waals surface area (Å²) in [6.07, 6.45) is 10.3. The summed E-state index contributed by atoms with van der Waals surface area (Å²) in [5.74, 6) is -0.465. The maximum atomic E-state index is 13.4. The Bertz CT molecular complexity index is 1730. The molecule has 0 aromatic carbocycles. The zero-order chi connectivity index (χ0) is 35.0. The molecule has 0 aliphatic carbocycles. The Morgan fingerprint density at radius 1 is 0.981 bits per heavy atom. The Kier molecular flexibility index (Phi) is 28.5. The van der Waals surface area contributed by atoms with Crippen molar-refractivity contribution in [2.75, 3.05) is 27.3 Å². The van der Waals surface area contributed by atoms with Gasteiger partial charge < -0.3 is 18.6 Å². The Hall–Kier alpha value is -2.76. The van der Waals surface area contributed by atoms with E-state index in [0.717, 1.165) is 0 Å². The molecule has 0 saturated carbocycles. The first-order chi connectivity index (χ1) is 21.6. The van der Waals surface area contributed by atoms with Crippen LogP contribution in [0.2, 0.25) is 0 Å². The fourth-order valence-electron chi connectivity index (χ4n) is 4.79. The molecule has 0 bridgehead atoms. The van der Waals surface area contributed by atoms with Gasteiger partial charge in [-0.2, -0.15) is 27.0 Å². The first-order valence-corrected chi connectivity index (χ1v) is 18.1. The summed E-state index contributed by atoms with van der Waals surface area (Å²) in [4.78, 5) is 25.4. The molecule has 3 rings (SSSR count). The number of hydrogen-bond donors (Lipinski definition) is 2. The second kappa shape index (κ2) is 25.3. The standard InChI is InChI=1S/C17H27N3O3S.C15H23N3O3S.4CH4.2H2S/c1-8-13-15(11-20(7)16(13)17(21)23-10-3)24(22,18-6)19-14(9-2)12(4)5;1-6-21-15(19)14-11-7-8-12(10(2)3)17-22(20,16-4)13(11)9-18(14)5;;;;;;/h8-9,11-12,14H,1-2,10H2,3-7H3,(H,18,19,22);7-10,12H,6H2,1-5H3,(H,16,17,20);4*1H4;2*1H2/t;12-,22?;;;;;;/m.1....../s1. The highest BCUT2D eigenvalue weighted by molar-refractivity contribution is 7.92. The van der Waals surface area contributed by atoms with E-state index in [-0.39, 0.29) is 87.2 Å². The molecule has 1 aliphatic rings. The molecule has 0 saturated heterocycles. The van der Waals surface area contributed by atoms with Crippen molar-refractivity contribution in [1.82, 2.24) is 18.6 Å². The quantitative estimate of drug-likeness (QED) is 0.174. The first kappa shape index (κ1) is 58.5. The zero-order valence-electron chi connectivity index (χ0n) is 29.7. The van der Waals surface area contributed by atoms with Crippen molar-refractivity contribution >= 4 is 70.9 Å². The zero-order valence-corrected chi connectivity index (χ0v) is 33.3. The highest BCUT2D eigenvalue weighted by atomic mass is 32.2. The molecule has 3 unspecified atom stereocenters. The van der Waals surface area contributed by atoms with Crippen molar-refractivity contribution in [2.45, 2.75) is 93.1 Å². The van der Waals surface area contributed by atoms with Crippen molar-refractivity contribution in [3.8, 4) is 0 Å². The number of hydrogen-bond acceptors (Lipinski definition) is 8. The van der Waals surface area contributed by atoms with Crippen LogP contribution in [0, 0.1) is 11.8 Å². The smallest absolute Gasteiger partial charge is 0.355 e. The monoisotopic (exact) mass is 810 g/mol. The summed E-state index contributed by atoms with van der Waals surface area (Å²) in [5, 5.41) is 0. The fourth-order valence-corrected chi connectivity index (χ4v) is 8.65. The Morgan fingerprint density at radius 2 is 1.48 bits per heavy atom. The molecule has 2 aromatic heterocycles. The molecule has 2 aromatic rings. The van der Waals surface area contributed by atoms with Crippen molar-refractivity contribution in [3.05, 3.63) is 60.2 Å². The number of ether oxygens (including phenoxy) is 2. The van der Waals surface area contributed by atoms with E-state index in [0.29, 0.717) is 38.9 Å². The minimum Gasteiger partial charge on any atom is -0.461 e. The number of esters is 2. The van der Waals surface area contributed by atoms with E-state index >= 15 is 0 Å². The molecule has 52 heavy (non-hydrogen) atoms. The Balaban J connectivity index is -0.000000254. The number of aryl methyl sites for hydroxylation is 2. The second-order valence-electron chi connectivity index (χ2n) is 11.2. The van der Waals surface area contributed by atoms with E-state index < -0.39 is 31.8 Å². The van der Waals surface area contributed by atoms with Crippen LogP contribution in [0.4, 0.5) is 0 Å². The fraction of sp³-hybridized carbons (Fsp3) is 0.556. The van der Waals surface area contributed by atoms with Crippen LogP contribution in [0.15, 0.2) is 56.2 Å². The summed E-state index contributed by atoms with van der Waals surface area (Å²) in [7, 11) is 0.717. The van der Waals surface area contributed by atoms with E-state index in [4.69, 9.17) is 9.47 Å². The number of carbonyl (C=O) groups excluding carboxylic acids is 2. The molecule has 12 nitrogen and oxygen atoms in total. The number of carbonyl (C=O) groups is 2. The third-order valence-electron chi connectivity index (χ3n) is 7.37. The van der Waals surface area contributed by atoms with E-state index in [9.17, 15) is 18.0 Å². The van der Waals surface area contributed by atoms with Crippen molar-refractivity contribution in [1.29, 1.82) is 0 Å². The highest BCUT2D eigenvalue weighted by Gasteiger charge is 2.31.